The number of fused-ring (bicyclic) bond motifs is 1. The highest BCUT2D eigenvalue weighted by Crippen LogP contribution is 2.23. The number of rotatable bonds is 6. The van der Waals surface area contributed by atoms with E-state index in [0.717, 1.165) is 23.9 Å². The van der Waals surface area contributed by atoms with Gasteiger partial charge < -0.3 is 15.0 Å². The molecule has 6 heteroatoms. The normalized spacial score (nSPS) is 11.2. The van der Waals surface area contributed by atoms with Gasteiger partial charge in [-0.25, -0.2) is 4.98 Å². The van der Waals surface area contributed by atoms with E-state index in [1.807, 2.05) is 14.1 Å². The lowest BCUT2D eigenvalue weighted by Gasteiger charge is -2.17. The van der Waals surface area contributed by atoms with E-state index >= 15 is 0 Å². The fourth-order valence-electron chi connectivity index (χ4n) is 1.79. The number of imidazole rings is 1. The molecule has 5 nitrogen and oxygen atoms in total. The zero-order chi connectivity index (χ0) is 12.3. The zero-order valence-corrected chi connectivity index (χ0v) is 11.3. The van der Waals surface area contributed by atoms with Crippen LogP contribution >= 0.6 is 11.3 Å². The zero-order valence-electron chi connectivity index (χ0n) is 10.4. The van der Waals surface area contributed by atoms with E-state index < -0.39 is 0 Å². The summed E-state index contributed by atoms with van der Waals surface area (Å²) < 4.78 is 7.24. The Morgan fingerprint density at radius 2 is 2.41 bits per heavy atom. The minimum Gasteiger partial charge on any atom is -0.383 e. The molecule has 0 aliphatic rings. The summed E-state index contributed by atoms with van der Waals surface area (Å²) in [5.41, 5.74) is 1.20. The van der Waals surface area contributed by atoms with Crippen LogP contribution in [0.15, 0.2) is 11.6 Å². The van der Waals surface area contributed by atoms with E-state index in [4.69, 9.17) is 4.74 Å². The molecule has 0 spiro atoms. The van der Waals surface area contributed by atoms with Gasteiger partial charge in [0.05, 0.1) is 12.3 Å². The summed E-state index contributed by atoms with van der Waals surface area (Å²) in [6.45, 7) is 2.36. The van der Waals surface area contributed by atoms with Crippen molar-refractivity contribution in [1.29, 1.82) is 0 Å². The molecule has 2 heterocycles. The third kappa shape index (κ3) is 2.43. The lowest BCUT2D eigenvalue weighted by atomic mass is 10.4. The third-order valence-corrected chi connectivity index (χ3v) is 3.43. The highest BCUT2D eigenvalue weighted by Gasteiger charge is 2.15. The number of nitrogens with one attached hydrogen (secondary N) is 1. The molecule has 0 aliphatic carbocycles. The van der Waals surface area contributed by atoms with E-state index in [1.54, 1.807) is 18.4 Å². The van der Waals surface area contributed by atoms with Crippen LogP contribution in [0, 0.1) is 0 Å². The van der Waals surface area contributed by atoms with Crippen LogP contribution in [0.4, 0.5) is 5.82 Å². The monoisotopic (exact) mass is 254 g/mol. The number of hydrogen-bond acceptors (Lipinski definition) is 5. The minimum atomic E-state index is 0.709. The van der Waals surface area contributed by atoms with Crippen molar-refractivity contribution < 1.29 is 4.74 Å². The van der Waals surface area contributed by atoms with Crippen LogP contribution < -0.4 is 10.2 Å². The van der Waals surface area contributed by atoms with Gasteiger partial charge in [-0.15, -0.1) is 11.3 Å². The maximum absolute atomic E-state index is 5.10. The first kappa shape index (κ1) is 12.3. The number of anilines is 1. The largest absolute Gasteiger partial charge is 0.383 e. The van der Waals surface area contributed by atoms with Crippen LogP contribution in [0.25, 0.3) is 4.96 Å². The van der Waals surface area contributed by atoms with Crippen molar-refractivity contribution in [2.45, 2.75) is 6.54 Å². The maximum Gasteiger partial charge on any atom is 0.195 e. The molecule has 2 rings (SSSR count). The molecule has 0 fully saturated rings. The summed E-state index contributed by atoms with van der Waals surface area (Å²) in [6, 6.07) is 0. The number of methoxy groups -OCH3 is 1. The van der Waals surface area contributed by atoms with Crippen molar-refractivity contribution in [3.8, 4) is 0 Å². The lowest BCUT2D eigenvalue weighted by molar-refractivity contribution is 0.206. The average molecular weight is 254 g/mol. The minimum absolute atomic E-state index is 0.709. The molecule has 94 valence electrons. The molecule has 0 atom stereocenters. The Morgan fingerprint density at radius 1 is 1.59 bits per heavy atom. The Balaban J connectivity index is 2.30. The predicted octanol–water partition coefficient (Wildman–Crippen LogP) is 1.20. The summed E-state index contributed by atoms with van der Waals surface area (Å²) in [7, 11) is 5.71. The number of nitrogens with zero attached hydrogens (tertiary/aromatic N) is 3. The summed E-state index contributed by atoms with van der Waals surface area (Å²) >= 11 is 1.66. The van der Waals surface area contributed by atoms with Crippen LogP contribution in [0.1, 0.15) is 5.69 Å². The molecule has 2 aromatic heterocycles. The van der Waals surface area contributed by atoms with Crippen molar-refractivity contribution in [1.82, 2.24) is 14.7 Å². The molecule has 17 heavy (non-hydrogen) atoms. The maximum atomic E-state index is 5.10. The molecule has 0 bridgehead atoms. The third-order valence-electron chi connectivity index (χ3n) is 2.68. The number of likely N-dealkylation sites (N-methyl/N-ethyl adjacent to an activating group) is 1. The predicted molar refractivity (Wildman–Crippen MR) is 71.0 cm³/mol. The van der Waals surface area contributed by atoms with E-state index in [2.05, 4.69) is 31.2 Å². The van der Waals surface area contributed by atoms with Crippen LogP contribution in [0.2, 0.25) is 0 Å². The van der Waals surface area contributed by atoms with E-state index in [0.29, 0.717) is 6.61 Å². The first-order valence-electron chi connectivity index (χ1n) is 5.57. The van der Waals surface area contributed by atoms with Crippen molar-refractivity contribution in [2.75, 3.05) is 39.3 Å². The number of thiazole rings is 1. The summed E-state index contributed by atoms with van der Waals surface area (Å²) in [4.78, 5) is 7.83. The van der Waals surface area contributed by atoms with E-state index in [-0.39, 0.29) is 0 Å². The average Bonchev–Trinajstić information content (AvgIpc) is 2.89. The summed E-state index contributed by atoms with van der Waals surface area (Å²) in [6.07, 6.45) is 2.06. The summed E-state index contributed by atoms with van der Waals surface area (Å²) in [5.74, 6) is 1.03. The highest BCUT2D eigenvalue weighted by atomic mass is 32.1. The van der Waals surface area contributed by atoms with Gasteiger partial charge in [-0.05, 0) is 7.05 Å². The molecule has 0 unspecified atom stereocenters. The van der Waals surface area contributed by atoms with Gasteiger partial charge in [0.1, 0.15) is 0 Å². The Labute approximate surface area is 105 Å². The Bertz CT molecular complexity index is 479. The van der Waals surface area contributed by atoms with Crippen molar-refractivity contribution in [2.24, 2.45) is 0 Å². The fourth-order valence-corrected chi connectivity index (χ4v) is 2.52. The molecular weight excluding hydrogens is 236 g/mol. The van der Waals surface area contributed by atoms with Crippen molar-refractivity contribution >= 4 is 22.1 Å². The second-order valence-corrected chi connectivity index (χ2v) is 4.76. The highest BCUT2D eigenvalue weighted by molar-refractivity contribution is 7.15. The van der Waals surface area contributed by atoms with Gasteiger partial charge in [-0.2, -0.15) is 0 Å². The van der Waals surface area contributed by atoms with E-state index in [1.165, 1.54) is 5.69 Å². The Morgan fingerprint density at radius 3 is 3.12 bits per heavy atom. The fraction of sp³-hybridized carbons (Fsp3) is 0.545. The molecule has 1 N–H and O–H groups in total. The topological polar surface area (TPSA) is 41.8 Å². The molecule has 0 radical (unpaired) electrons. The quantitative estimate of drug-likeness (QED) is 0.841. The van der Waals surface area contributed by atoms with E-state index in [9.17, 15) is 0 Å². The Kier molecular flexibility index (Phi) is 3.98. The first-order chi connectivity index (χ1) is 8.27. The number of aromatic nitrogens is 2. The van der Waals surface area contributed by atoms with Crippen molar-refractivity contribution in [3.05, 3.63) is 17.3 Å². The first-order valence-corrected chi connectivity index (χ1v) is 6.45. The van der Waals surface area contributed by atoms with Crippen LogP contribution in [0.5, 0.6) is 0 Å². The van der Waals surface area contributed by atoms with Gasteiger partial charge in [0, 0.05) is 38.8 Å². The molecule has 0 aliphatic heterocycles. The van der Waals surface area contributed by atoms with Crippen LogP contribution in [0.3, 0.4) is 0 Å². The number of hydrogen-bond donors (Lipinski definition) is 1. The molecule has 0 amide bonds. The second-order valence-electron chi connectivity index (χ2n) is 3.88. The smallest absolute Gasteiger partial charge is 0.195 e. The molecule has 0 aromatic carbocycles. The van der Waals surface area contributed by atoms with Crippen LogP contribution in [-0.4, -0.2) is 43.7 Å². The van der Waals surface area contributed by atoms with Gasteiger partial charge in [0.15, 0.2) is 10.8 Å². The molecule has 0 saturated heterocycles. The van der Waals surface area contributed by atoms with Gasteiger partial charge in [-0.1, -0.05) is 0 Å². The van der Waals surface area contributed by atoms with Gasteiger partial charge in [0.25, 0.3) is 0 Å². The van der Waals surface area contributed by atoms with Crippen LogP contribution in [-0.2, 0) is 11.3 Å². The SMILES string of the molecule is CNCc1c(N(C)CCOC)nc2sccn12. The van der Waals surface area contributed by atoms with Crippen molar-refractivity contribution in [3.63, 3.8) is 0 Å². The second kappa shape index (κ2) is 5.48. The Hall–Kier alpha value is -1.11. The van der Waals surface area contributed by atoms with Gasteiger partial charge in [0.2, 0.25) is 0 Å². The summed E-state index contributed by atoms with van der Waals surface area (Å²) in [5, 5.41) is 5.25. The number of ether oxygens (including phenoxy) is 1. The van der Waals surface area contributed by atoms with Gasteiger partial charge >= 0.3 is 0 Å². The molecular formula is C11H18N4OS. The molecule has 0 saturated carbocycles. The standard InChI is InChI=1S/C11H18N4OS/c1-12-8-9-10(14(2)4-6-16-3)13-11-15(9)5-7-17-11/h5,7,12H,4,6,8H2,1-3H3. The molecule has 2 aromatic rings. The lowest BCUT2D eigenvalue weighted by Crippen LogP contribution is -2.24. The van der Waals surface area contributed by atoms with Gasteiger partial charge in [-0.3, -0.25) is 4.40 Å².